The Morgan fingerprint density at radius 3 is 3.36 bits per heavy atom. The molecule has 1 aliphatic heterocycles. The quantitative estimate of drug-likeness (QED) is 0.669. The van der Waals surface area contributed by atoms with Gasteiger partial charge in [-0.3, -0.25) is 0 Å². The molecule has 1 aliphatic carbocycles. The van der Waals surface area contributed by atoms with Gasteiger partial charge in [-0.25, -0.2) is 0 Å². The van der Waals surface area contributed by atoms with Crippen molar-refractivity contribution in [2.24, 2.45) is 0 Å². The minimum atomic E-state index is -0.843. The Hall–Kier alpha value is -0.550. The minimum Gasteiger partial charge on any atom is -0.395 e. The Labute approximate surface area is 87.1 Å². The molecule has 78 valence electrons. The first-order valence-corrected chi connectivity index (χ1v) is 4.83. The summed E-state index contributed by atoms with van der Waals surface area (Å²) >= 11 is 6.12. The van der Waals surface area contributed by atoms with Crippen LogP contribution in [0.25, 0.3) is 0 Å². The van der Waals surface area contributed by atoms with E-state index in [4.69, 9.17) is 26.2 Å². The SMILES string of the molecule is OCCNC1=CC2OCOC2(Cl)C=C1. The molecule has 2 N–H and O–H groups in total. The number of halogens is 1. The molecule has 0 radical (unpaired) electrons. The van der Waals surface area contributed by atoms with Gasteiger partial charge in [-0.1, -0.05) is 11.6 Å². The average molecular weight is 218 g/mol. The highest BCUT2D eigenvalue weighted by molar-refractivity contribution is 6.25. The number of hydrogen-bond donors (Lipinski definition) is 2. The number of aliphatic hydroxyl groups excluding tert-OH is 1. The van der Waals surface area contributed by atoms with Crippen LogP contribution in [0.4, 0.5) is 0 Å². The lowest BCUT2D eigenvalue weighted by Crippen LogP contribution is -2.34. The van der Waals surface area contributed by atoms with Crippen molar-refractivity contribution in [2.75, 3.05) is 19.9 Å². The third-order valence-electron chi connectivity index (χ3n) is 2.18. The average Bonchev–Trinajstić information content (AvgIpc) is 2.56. The number of allylic oxidation sites excluding steroid dienone is 1. The van der Waals surface area contributed by atoms with E-state index in [-0.39, 0.29) is 19.5 Å². The molecule has 5 heteroatoms. The van der Waals surface area contributed by atoms with Gasteiger partial charge in [0.1, 0.15) is 6.10 Å². The van der Waals surface area contributed by atoms with E-state index in [0.29, 0.717) is 6.54 Å². The summed E-state index contributed by atoms with van der Waals surface area (Å²) in [5.74, 6) is 0. The van der Waals surface area contributed by atoms with Crippen LogP contribution in [0.2, 0.25) is 0 Å². The van der Waals surface area contributed by atoms with E-state index in [0.717, 1.165) is 5.70 Å². The van der Waals surface area contributed by atoms with Crippen molar-refractivity contribution in [1.82, 2.24) is 5.32 Å². The van der Waals surface area contributed by atoms with Crippen LogP contribution in [0.3, 0.4) is 0 Å². The summed E-state index contributed by atoms with van der Waals surface area (Å²) in [6.07, 6.45) is 5.19. The third-order valence-corrected chi connectivity index (χ3v) is 2.63. The molecule has 2 atom stereocenters. The van der Waals surface area contributed by atoms with Gasteiger partial charge in [0, 0.05) is 12.2 Å². The molecular formula is C9H12ClNO3. The summed E-state index contributed by atoms with van der Waals surface area (Å²) in [4.78, 5) is 0. The summed E-state index contributed by atoms with van der Waals surface area (Å²) in [6.45, 7) is 0.820. The van der Waals surface area contributed by atoms with Gasteiger partial charge >= 0.3 is 0 Å². The summed E-state index contributed by atoms with van der Waals surface area (Å²) in [6, 6.07) is 0. The third kappa shape index (κ3) is 1.79. The number of nitrogens with one attached hydrogen (secondary N) is 1. The molecule has 0 saturated carbocycles. The predicted molar refractivity (Wildman–Crippen MR) is 51.7 cm³/mol. The van der Waals surface area contributed by atoms with Crippen LogP contribution in [0.5, 0.6) is 0 Å². The lowest BCUT2D eigenvalue weighted by molar-refractivity contribution is 0.0433. The molecule has 2 unspecified atom stereocenters. The van der Waals surface area contributed by atoms with Crippen molar-refractivity contribution in [3.63, 3.8) is 0 Å². The topological polar surface area (TPSA) is 50.7 Å². The van der Waals surface area contributed by atoms with Crippen LogP contribution in [0, 0.1) is 0 Å². The van der Waals surface area contributed by atoms with Gasteiger partial charge < -0.3 is 19.9 Å². The van der Waals surface area contributed by atoms with Crippen molar-refractivity contribution in [3.05, 3.63) is 23.9 Å². The van der Waals surface area contributed by atoms with Crippen molar-refractivity contribution in [3.8, 4) is 0 Å². The number of fused-ring (bicyclic) bond motifs is 1. The van der Waals surface area contributed by atoms with Gasteiger partial charge in [-0.15, -0.1) is 0 Å². The molecule has 2 aliphatic rings. The second-order valence-electron chi connectivity index (χ2n) is 3.15. The van der Waals surface area contributed by atoms with Crippen LogP contribution >= 0.6 is 11.6 Å². The Morgan fingerprint density at radius 2 is 2.57 bits per heavy atom. The largest absolute Gasteiger partial charge is 0.395 e. The molecular weight excluding hydrogens is 206 g/mol. The molecule has 0 bridgehead atoms. The Bertz CT molecular complexity index is 279. The van der Waals surface area contributed by atoms with E-state index in [2.05, 4.69) is 5.32 Å². The van der Waals surface area contributed by atoms with Gasteiger partial charge in [0.2, 0.25) is 0 Å². The molecule has 0 aromatic rings. The normalized spacial score (nSPS) is 35.3. The predicted octanol–water partition coefficient (Wildman–Crippen LogP) is 0.330. The highest BCUT2D eigenvalue weighted by atomic mass is 35.5. The molecule has 0 spiro atoms. The zero-order valence-corrected chi connectivity index (χ0v) is 8.33. The Kier molecular flexibility index (Phi) is 2.78. The van der Waals surface area contributed by atoms with Crippen LogP contribution in [0.15, 0.2) is 23.9 Å². The fraction of sp³-hybridized carbons (Fsp3) is 0.556. The summed E-state index contributed by atoms with van der Waals surface area (Å²) in [5.41, 5.74) is 0.894. The first kappa shape index (κ1) is 9.98. The number of hydrogen-bond acceptors (Lipinski definition) is 4. The van der Waals surface area contributed by atoms with E-state index in [1.165, 1.54) is 0 Å². The highest BCUT2D eigenvalue weighted by Crippen LogP contribution is 2.35. The van der Waals surface area contributed by atoms with Crippen molar-refractivity contribution in [1.29, 1.82) is 0 Å². The van der Waals surface area contributed by atoms with E-state index in [1.807, 2.05) is 12.2 Å². The van der Waals surface area contributed by atoms with Crippen LogP contribution < -0.4 is 5.32 Å². The first-order valence-electron chi connectivity index (χ1n) is 4.45. The molecule has 0 aromatic heterocycles. The number of aliphatic hydroxyl groups is 1. The maximum absolute atomic E-state index is 8.64. The maximum Gasteiger partial charge on any atom is 0.193 e. The van der Waals surface area contributed by atoms with Crippen molar-refractivity contribution in [2.45, 2.75) is 11.2 Å². The van der Waals surface area contributed by atoms with E-state index < -0.39 is 5.06 Å². The molecule has 1 saturated heterocycles. The molecule has 4 nitrogen and oxygen atoms in total. The molecule has 0 amide bonds. The number of rotatable bonds is 3. The van der Waals surface area contributed by atoms with Crippen molar-refractivity contribution < 1.29 is 14.6 Å². The van der Waals surface area contributed by atoms with E-state index in [9.17, 15) is 0 Å². The first-order chi connectivity index (χ1) is 6.74. The van der Waals surface area contributed by atoms with Crippen LogP contribution in [-0.2, 0) is 9.47 Å². The fourth-order valence-electron chi connectivity index (χ4n) is 1.44. The Morgan fingerprint density at radius 1 is 1.71 bits per heavy atom. The molecule has 1 fully saturated rings. The molecule has 1 heterocycles. The Balaban J connectivity index is 2.04. The molecule has 2 rings (SSSR count). The molecule has 14 heavy (non-hydrogen) atoms. The highest BCUT2D eigenvalue weighted by Gasteiger charge is 2.42. The summed E-state index contributed by atoms with van der Waals surface area (Å²) < 4.78 is 10.5. The van der Waals surface area contributed by atoms with Crippen LogP contribution in [0.1, 0.15) is 0 Å². The van der Waals surface area contributed by atoms with Gasteiger partial charge in [-0.05, 0) is 18.2 Å². The van der Waals surface area contributed by atoms with Gasteiger partial charge in [-0.2, -0.15) is 0 Å². The minimum absolute atomic E-state index is 0.0965. The summed E-state index contributed by atoms with van der Waals surface area (Å²) in [7, 11) is 0. The lowest BCUT2D eigenvalue weighted by Gasteiger charge is -2.24. The standard InChI is InChI=1S/C9H12ClNO3/c10-9-2-1-7(11-3-4-12)5-8(9)13-6-14-9/h1-2,5,8,11-12H,3-4,6H2. The zero-order chi connectivity index (χ0) is 10.0. The van der Waals surface area contributed by atoms with E-state index >= 15 is 0 Å². The molecule has 0 aromatic carbocycles. The fourth-order valence-corrected chi connectivity index (χ4v) is 1.67. The van der Waals surface area contributed by atoms with E-state index in [1.54, 1.807) is 6.08 Å². The zero-order valence-electron chi connectivity index (χ0n) is 7.57. The second-order valence-corrected chi connectivity index (χ2v) is 3.74. The second kappa shape index (κ2) is 3.90. The smallest absolute Gasteiger partial charge is 0.193 e. The van der Waals surface area contributed by atoms with Gasteiger partial charge in [0.05, 0.1) is 6.61 Å². The lowest BCUT2D eigenvalue weighted by atomic mass is 10.1. The van der Waals surface area contributed by atoms with Gasteiger partial charge in [0.25, 0.3) is 0 Å². The summed E-state index contributed by atoms with van der Waals surface area (Å²) in [5, 5.41) is 10.8. The number of alkyl halides is 1. The monoisotopic (exact) mass is 217 g/mol. The van der Waals surface area contributed by atoms with Crippen LogP contribution in [-0.4, -0.2) is 36.2 Å². The maximum atomic E-state index is 8.64. The van der Waals surface area contributed by atoms with Crippen molar-refractivity contribution >= 4 is 11.6 Å². The number of ether oxygens (including phenoxy) is 2. The van der Waals surface area contributed by atoms with Gasteiger partial charge in [0.15, 0.2) is 11.9 Å².